The maximum Gasteiger partial charge on any atom is 0.255 e. The van der Waals surface area contributed by atoms with E-state index in [1.807, 2.05) is 18.2 Å². The molecule has 0 saturated carbocycles. The van der Waals surface area contributed by atoms with Gasteiger partial charge in [0.1, 0.15) is 6.04 Å². The molecule has 0 radical (unpaired) electrons. The predicted octanol–water partition coefficient (Wildman–Crippen LogP) is -0.740. The topological polar surface area (TPSA) is 111 Å². The minimum atomic E-state index is -0.602. The number of piperidine rings is 2. The van der Waals surface area contributed by atoms with Gasteiger partial charge in [-0.3, -0.25) is 19.7 Å². The number of nitrogens with one attached hydrogen (secondary N) is 3. The molecule has 3 heterocycles. The third-order valence-electron chi connectivity index (χ3n) is 5.64. The molecule has 2 saturated heterocycles. The van der Waals surface area contributed by atoms with Gasteiger partial charge in [-0.1, -0.05) is 18.2 Å². The molecule has 4 rings (SSSR count). The molecule has 0 bridgehead atoms. The van der Waals surface area contributed by atoms with Crippen molar-refractivity contribution in [3.63, 3.8) is 0 Å². The van der Waals surface area contributed by atoms with Gasteiger partial charge in [0.15, 0.2) is 0 Å². The molecule has 2 fully saturated rings. The summed E-state index contributed by atoms with van der Waals surface area (Å²) in [7, 11) is 0. The summed E-state index contributed by atoms with van der Waals surface area (Å²) in [6, 6.07) is 5.11. The fraction of sp³-hybridized carbons (Fsp3) is 0.526. The molecular weight excluding hydrogens is 348 g/mol. The molecule has 0 aromatic heterocycles. The molecule has 3 aliphatic heterocycles. The van der Waals surface area contributed by atoms with Gasteiger partial charge >= 0.3 is 0 Å². The smallest absolute Gasteiger partial charge is 0.255 e. The van der Waals surface area contributed by atoms with Crippen LogP contribution in [0.1, 0.15) is 40.7 Å². The number of hydrogen-bond acceptors (Lipinski definition) is 6. The summed E-state index contributed by atoms with van der Waals surface area (Å²) in [5.41, 5.74) is 2.41. The summed E-state index contributed by atoms with van der Waals surface area (Å²) in [5, 5.41) is 18.9. The first kappa shape index (κ1) is 18.1. The quantitative estimate of drug-likeness (QED) is 0.518. The van der Waals surface area contributed by atoms with Crippen LogP contribution in [0.3, 0.4) is 0 Å². The second kappa shape index (κ2) is 7.38. The van der Waals surface area contributed by atoms with E-state index in [-0.39, 0.29) is 24.3 Å². The van der Waals surface area contributed by atoms with Crippen molar-refractivity contribution in [1.29, 1.82) is 0 Å². The van der Waals surface area contributed by atoms with Crippen molar-refractivity contribution in [3.05, 3.63) is 34.9 Å². The van der Waals surface area contributed by atoms with E-state index in [2.05, 4.69) is 16.0 Å². The zero-order valence-electron chi connectivity index (χ0n) is 15.0. The van der Waals surface area contributed by atoms with Gasteiger partial charge in [-0.25, -0.2) is 0 Å². The molecule has 27 heavy (non-hydrogen) atoms. The van der Waals surface area contributed by atoms with Crippen molar-refractivity contribution >= 4 is 17.7 Å². The van der Waals surface area contributed by atoms with E-state index >= 15 is 0 Å². The Bertz CT molecular complexity index is 781. The average molecular weight is 372 g/mol. The van der Waals surface area contributed by atoms with Gasteiger partial charge in [-0.15, -0.1) is 0 Å². The molecular formula is C19H24N4O4. The van der Waals surface area contributed by atoms with Crippen LogP contribution in [0.2, 0.25) is 0 Å². The highest BCUT2D eigenvalue weighted by molar-refractivity contribution is 6.05. The van der Waals surface area contributed by atoms with Gasteiger partial charge in [-0.2, -0.15) is 0 Å². The molecule has 1 unspecified atom stereocenters. The molecule has 1 aromatic rings. The van der Waals surface area contributed by atoms with Crippen molar-refractivity contribution in [2.45, 2.75) is 50.5 Å². The van der Waals surface area contributed by atoms with Crippen LogP contribution in [-0.2, 0) is 22.7 Å². The summed E-state index contributed by atoms with van der Waals surface area (Å²) >= 11 is 0. The van der Waals surface area contributed by atoms with E-state index in [0.29, 0.717) is 31.6 Å². The number of carbonyl (C=O) groups is 3. The Morgan fingerprint density at radius 1 is 1.22 bits per heavy atom. The van der Waals surface area contributed by atoms with Crippen LogP contribution in [0.4, 0.5) is 0 Å². The normalized spacial score (nSPS) is 28.3. The molecule has 1 aromatic carbocycles. The summed E-state index contributed by atoms with van der Waals surface area (Å²) < 4.78 is 0. The van der Waals surface area contributed by atoms with Crippen molar-refractivity contribution in [2.75, 3.05) is 13.1 Å². The minimum absolute atomic E-state index is 0.00940. The second-order valence-corrected chi connectivity index (χ2v) is 7.40. The average Bonchev–Trinajstić information content (AvgIpc) is 2.98. The number of carbonyl (C=O) groups excluding carboxylic acids is 3. The number of benzene rings is 1. The molecule has 144 valence electrons. The zero-order valence-corrected chi connectivity index (χ0v) is 15.0. The van der Waals surface area contributed by atoms with Crippen LogP contribution in [0.25, 0.3) is 0 Å². The van der Waals surface area contributed by atoms with Gasteiger partial charge in [0.2, 0.25) is 11.8 Å². The van der Waals surface area contributed by atoms with Crippen molar-refractivity contribution in [2.24, 2.45) is 0 Å². The number of rotatable bonds is 4. The highest BCUT2D eigenvalue weighted by Crippen LogP contribution is 2.30. The van der Waals surface area contributed by atoms with Gasteiger partial charge in [0.05, 0.1) is 6.10 Å². The first-order chi connectivity index (χ1) is 13.0. The molecule has 3 atom stereocenters. The number of fused-ring (bicyclic) bond motifs is 1. The van der Waals surface area contributed by atoms with Crippen LogP contribution < -0.4 is 16.0 Å². The lowest BCUT2D eigenvalue weighted by Gasteiger charge is -2.30. The van der Waals surface area contributed by atoms with E-state index in [1.165, 1.54) is 0 Å². The van der Waals surface area contributed by atoms with Gasteiger partial charge in [0, 0.05) is 37.7 Å². The van der Waals surface area contributed by atoms with Gasteiger partial charge < -0.3 is 20.6 Å². The zero-order chi connectivity index (χ0) is 19.0. The van der Waals surface area contributed by atoms with Crippen molar-refractivity contribution in [1.82, 2.24) is 20.9 Å². The van der Waals surface area contributed by atoms with E-state index in [4.69, 9.17) is 0 Å². The van der Waals surface area contributed by atoms with Crippen LogP contribution in [0, 0.1) is 0 Å². The Kier molecular flexibility index (Phi) is 4.94. The number of hydrogen-bond donors (Lipinski definition) is 4. The lowest BCUT2D eigenvalue weighted by Crippen LogP contribution is -2.52. The fourth-order valence-corrected chi connectivity index (χ4v) is 4.16. The highest BCUT2D eigenvalue weighted by atomic mass is 16.3. The Morgan fingerprint density at radius 3 is 2.85 bits per heavy atom. The Labute approximate surface area is 157 Å². The predicted molar refractivity (Wildman–Crippen MR) is 96.6 cm³/mol. The molecule has 8 nitrogen and oxygen atoms in total. The fourth-order valence-electron chi connectivity index (χ4n) is 4.16. The number of nitrogens with zero attached hydrogens (tertiary/aromatic N) is 1. The maximum absolute atomic E-state index is 13.0. The lowest BCUT2D eigenvalue weighted by atomic mass is 10.0. The third-order valence-corrected chi connectivity index (χ3v) is 5.64. The number of aliphatic hydroxyl groups excluding tert-OH is 1. The summed E-state index contributed by atoms with van der Waals surface area (Å²) in [5.74, 6) is -0.849. The van der Waals surface area contributed by atoms with Crippen molar-refractivity contribution in [3.8, 4) is 0 Å². The molecule has 8 heteroatoms. The minimum Gasteiger partial charge on any atom is -0.390 e. The van der Waals surface area contributed by atoms with Crippen LogP contribution in [0.15, 0.2) is 18.2 Å². The second-order valence-electron chi connectivity index (χ2n) is 7.40. The molecule has 0 spiro atoms. The van der Waals surface area contributed by atoms with E-state index in [1.54, 1.807) is 4.90 Å². The SMILES string of the molecule is O=C1CCC(N2Cc3cccc(CN[C@H]4CCNC[C@H]4O)c3C2=O)C(=O)N1. The van der Waals surface area contributed by atoms with E-state index in [9.17, 15) is 19.5 Å². The number of amides is 3. The molecule has 0 aliphatic carbocycles. The maximum atomic E-state index is 13.0. The standard InChI is InChI=1S/C19H24N4O4/c24-15-9-20-7-6-13(15)21-8-11-2-1-3-12-10-23(19(27)17(11)12)14-4-5-16(25)22-18(14)26/h1-3,13-15,20-21,24H,4-10H2,(H,22,25,26)/t13-,14?,15+/m0/s1. The van der Waals surface area contributed by atoms with Gasteiger partial charge in [0.25, 0.3) is 5.91 Å². The van der Waals surface area contributed by atoms with Crippen LogP contribution >= 0.6 is 0 Å². The number of β-amino-alcohol motifs (C(OH)–C–C–N with tert-alkyl or cyclic N) is 1. The first-order valence-corrected chi connectivity index (χ1v) is 9.42. The largest absolute Gasteiger partial charge is 0.390 e. The highest BCUT2D eigenvalue weighted by Gasteiger charge is 2.40. The van der Waals surface area contributed by atoms with Crippen molar-refractivity contribution < 1.29 is 19.5 Å². The molecule has 4 N–H and O–H groups in total. The lowest BCUT2D eigenvalue weighted by molar-refractivity contribution is -0.136. The molecule has 3 amide bonds. The van der Waals surface area contributed by atoms with Crippen LogP contribution in [-0.4, -0.2) is 59.0 Å². The van der Waals surface area contributed by atoms with Crippen LogP contribution in [0.5, 0.6) is 0 Å². The summed E-state index contributed by atoms with van der Waals surface area (Å²) in [4.78, 5) is 38.1. The number of aliphatic hydroxyl groups is 1. The summed E-state index contributed by atoms with van der Waals surface area (Å²) in [6.45, 7) is 2.28. The van der Waals surface area contributed by atoms with E-state index < -0.39 is 18.1 Å². The van der Waals surface area contributed by atoms with Gasteiger partial charge in [-0.05, 0) is 30.5 Å². The third kappa shape index (κ3) is 3.47. The first-order valence-electron chi connectivity index (χ1n) is 9.42. The monoisotopic (exact) mass is 372 g/mol. The Balaban J connectivity index is 1.49. The summed E-state index contributed by atoms with van der Waals surface area (Å²) in [6.07, 6.45) is 0.982. The number of imide groups is 1. The Hall–Kier alpha value is -2.29. The Morgan fingerprint density at radius 2 is 2.07 bits per heavy atom. The molecule has 3 aliphatic rings. The van der Waals surface area contributed by atoms with E-state index in [0.717, 1.165) is 24.1 Å².